The van der Waals surface area contributed by atoms with E-state index in [0.717, 1.165) is 15.6 Å². The molecule has 1 atom stereocenters. The topological polar surface area (TPSA) is 64.9 Å². The van der Waals surface area contributed by atoms with Crippen LogP contribution in [0.25, 0.3) is 11.5 Å². The monoisotopic (exact) mass is 363 g/mol. The normalized spacial score (nSPS) is 12.3. The molecule has 6 heteroatoms. The van der Waals surface area contributed by atoms with Gasteiger partial charge in [-0.3, -0.25) is 0 Å². The maximum Gasteiger partial charge on any atom is 0.248 e. The number of rotatable bonds is 3. The van der Waals surface area contributed by atoms with Crippen LogP contribution in [0.2, 0.25) is 5.02 Å². The first-order chi connectivity index (χ1) is 10.1. The van der Waals surface area contributed by atoms with Gasteiger partial charge in [0.15, 0.2) is 0 Å². The van der Waals surface area contributed by atoms with Crippen LogP contribution >= 0.6 is 27.5 Å². The van der Waals surface area contributed by atoms with E-state index in [1.165, 1.54) is 0 Å². The predicted octanol–water partition coefficient (Wildman–Crippen LogP) is 4.20. The minimum absolute atomic E-state index is 0.373. The van der Waals surface area contributed by atoms with E-state index in [1.54, 1.807) is 12.1 Å². The molecule has 0 saturated heterocycles. The summed E-state index contributed by atoms with van der Waals surface area (Å²) in [6.07, 6.45) is 0. The van der Waals surface area contributed by atoms with Gasteiger partial charge >= 0.3 is 0 Å². The fourth-order valence-corrected chi connectivity index (χ4v) is 2.79. The molecule has 0 aliphatic carbocycles. The minimum Gasteiger partial charge on any atom is -0.419 e. The second kappa shape index (κ2) is 5.97. The van der Waals surface area contributed by atoms with Gasteiger partial charge in [-0.15, -0.1) is 10.2 Å². The third-order valence-corrected chi connectivity index (χ3v) is 3.92. The van der Waals surface area contributed by atoms with Crippen molar-refractivity contribution in [3.63, 3.8) is 0 Å². The molecular weight excluding hydrogens is 354 g/mol. The lowest BCUT2D eigenvalue weighted by Crippen LogP contribution is -2.11. The molecule has 21 heavy (non-hydrogen) atoms. The average Bonchev–Trinajstić information content (AvgIpc) is 2.97. The Bertz CT molecular complexity index is 761. The molecule has 0 fully saturated rings. The molecular formula is C15H11BrClN3O. The Kier molecular flexibility index (Phi) is 4.05. The number of aromatic nitrogens is 2. The first kappa shape index (κ1) is 14.3. The van der Waals surface area contributed by atoms with Crippen molar-refractivity contribution in [1.29, 1.82) is 0 Å². The Morgan fingerprint density at radius 1 is 1.10 bits per heavy atom. The van der Waals surface area contributed by atoms with E-state index in [-0.39, 0.29) is 0 Å². The highest BCUT2D eigenvalue weighted by Crippen LogP contribution is 2.31. The second-order valence-electron chi connectivity index (χ2n) is 4.46. The standard InChI is InChI=1S/C15H11BrClN3O/c16-12-8-10(17)6-7-11(12)14-19-20-15(21-14)13(18)9-4-2-1-3-5-9/h1-8,13H,18H2. The van der Waals surface area contributed by atoms with Gasteiger partial charge in [-0.05, 0) is 39.7 Å². The predicted molar refractivity (Wildman–Crippen MR) is 84.9 cm³/mol. The Morgan fingerprint density at radius 2 is 1.86 bits per heavy atom. The van der Waals surface area contributed by atoms with Gasteiger partial charge in [0.25, 0.3) is 0 Å². The van der Waals surface area contributed by atoms with Gasteiger partial charge in [0, 0.05) is 9.50 Å². The third kappa shape index (κ3) is 3.00. The van der Waals surface area contributed by atoms with Crippen molar-refractivity contribution in [3.05, 3.63) is 69.5 Å². The van der Waals surface area contributed by atoms with Gasteiger partial charge in [-0.25, -0.2) is 0 Å². The van der Waals surface area contributed by atoms with Gasteiger partial charge < -0.3 is 10.2 Å². The van der Waals surface area contributed by atoms with Crippen molar-refractivity contribution in [2.24, 2.45) is 5.73 Å². The van der Waals surface area contributed by atoms with Gasteiger partial charge in [0.1, 0.15) is 6.04 Å². The lowest BCUT2D eigenvalue weighted by Gasteiger charge is -2.06. The van der Waals surface area contributed by atoms with Crippen LogP contribution in [0.4, 0.5) is 0 Å². The molecule has 2 aromatic carbocycles. The molecule has 106 valence electrons. The first-order valence-electron chi connectivity index (χ1n) is 6.24. The summed E-state index contributed by atoms with van der Waals surface area (Å²) in [4.78, 5) is 0. The highest BCUT2D eigenvalue weighted by atomic mass is 79.9. The van der Waals surface area contributed by atoms with E-state index in [0.29, 0.717) is 16.8 Å². The first-order valence-corrected chi connectivity index (χ1v) is 7.41. The molecule has 3 rings (SSSR count). The van der Waals surface area contributed by atoms with Crippen LogP contribution in [0.3, 0.4) is 0 Å². The molecule has 1 unspecified atom stereocenters. The zero-order chi connectivity index (χ0) is 14.8. The number of nitrogens with zero attached hydrogens (tertiary/aromatic N) is 2. The molecule has 1 aromatic heterocycles. The Labute approximate surface area is 135 Å². The minimum atomic E-state index is -0.446. The van der Waals surface area contributed by atoms with Crippen LogP contribution in [0.1, 0.15) is 17.5 Å². The van der Waals surface area contributed by atoms with Crippen molar-refractivity contribution in [3.8, 4) is 11.5 Å². The highest BCUT2D eigenvalue weighted by Gasteiger charge is 2.18. The van der Waals surface area contributed by atoms with Gasteiger partial charge in [-0.1, -0.05) is 41.9 Å². The summed E-state index contributed by atoms with van der Waals surface area (Å²) in [7, 11) is 0. The van der Waals surface area contributed by atoms with Crippen molar-refractivity contribution in [1.82, 2.24) is 10.2 Å². The van der Waals surface area contributed by atoms with E-state index < -0.39 is 6.04 Å². The summed E-state index contributed by atoms with van der Waals surface area (Å²) < 4.78 is 6.48. The SMILES string of the molecule is NC(c1ccccc1)c1nnc(-c2ccc(Cl)cc2Br)o1. The molecule has 0 aliphatic rings. The number of hydrogen-bond acceptors (Lipinski definition) is 4. The van der Waals surface area contributed by atoms with E-state index in [1.807, 2.05) is 36.4 Å². The summed E-state index contributed by atoms with van der Waals surface area (Å²) in [6, 6.07) is 14.5. The zero-order valence-corrected chi connectivity index (χ0v) is 13.2. The van der Waals surface area contributed by atoms with Gasteiger partial charge in [-0.2, -0.15) is 0 Å². The molecule has 3 aromatic rings. The van der Waals surface area contributed by atoms with Crippen molar-refractivity contribution >= 4 is 27.5 Å². The Morgan fingerprint density at radius 3 is 2.57 bits per heavy atom. The largest absolute Gasteiger partial charge is 0.419 e. The smallest absolute Gasteiger partial charge is 0.248 e. The van der Waals surface area contributed by atoms with Crippen molar-refractivity contribution in [2.75, 3.05) is 0 Å². The molecule has 0 bridgehead atoms. The third-order valence-electron chi connectivity index (χ3n) is 3.03. The van der Waals surface area contributed by atoms with Crippen LogP contribution in [-0.4, -0.2) is 10.2 Å². The lowest BCUT2D eigenvalue weighted by atomic mass is 10.1. The second-order valence-corrected chi connectivity index (χ2v) is 5.75. The summed E-state index contributed by atoms with van der Waals surface area (Å²) in [5.74, 6) is 0.776. The Hall–Kier alpha value is -1.69. The fourth-order valence-electron chi connectivity index (χ4n) is 1.93. The molecule has 0 aliphatic heterocycles. The number of nitrogens with two attached hydrogens (primary N) is 1. The van der Waals surface area contributed by atoms with E-state index in [2.05, 4.69) is 26.1 Å². The molecule has 1 heterocycles. The van der Waals surface area contributed by atoms with Crippen molar-refractivity contribution in [2.45, 2.75) is 6.04 Å². The van der Waals surface area contributed by atoms with E-state index in [9.17, 15) is 0 Å². The number of halogens is 2. The van der Waals surface area contributed by atoms with Crippen molar-refractivity contribution < 1.29 is 4.42 Å². The number of benzene rings is 2. The summed E-state index contributed by atoms with van der Waals surface area (Å²) >= 11 is 9.36. The van der Waals surface area contributed by atoms with Gasteiger partial charge in [0.2, 0.25) is 11.8 Å². The maximum atomic E-state index is 6.14. The fraction of sp³-hybridized carbons (Fsp3) is 0.0667. The average molecular weight is 365 g/mol. The summed E-state index contributed by atoms with van der Waals surface area (Å²) in [6.45, 7) is 0. The highest BCUT2D eigenvalue weighted by molar-refractivity contribution is 9.10. The zero-order valence-electron chi connectivity index (χ0n) is 10.8. The van der Waals surface area contributed by atoms with Crippen LogP contribution < -0.4 is 5.73 Å². The molecule has 0 saturated carbocycles. The quantitative estimate of drug-likeness (QED) is 0.756. The van der Waals surface area contributed by atoms with Crippen LogP contribution in [0, 0.1) is 0 Å². The molecule has 0 amide bonds. The maximum absolute atomic E-state index is 6.14. The lowest BCUT2D eigenvalue weighted by molar-refractivity contribution is 0.484. The molecule has 0 spiro atoms. The summed E-state index contributed by atoms with van der Waals surface area (Å²) in [5.41, 5.74) is 7.84. The van der Waals surface area contributed by atoms with E-state index >= 15 is 0 Å². The molecule has 2 N–H and O–H groups in total. The Balaban J connectivity index is 1.93. The molecule has 4 nitrogen and oxygen atoms in total. The van der Waals surface area contributed by atoms with E-state index in [4.69, 9.17) is 21.8 Å². The van der Waals surface area contributed by atoms with Crippen LogP contribution in [0.5, 0.6) is 0 Å². The molecule has 0 radical (unpaired) electrons. The van der Waals surface area contributed by atoms with Gasteiger partial charge in [0.05, 0.1) is 5.56 Å². The summed E-state index contributed by atoms with van der Waals surface area (Å²) in [5, 5.41) is 8.72. The van der Waals surface area contributed by atoms with Crippen LogP contribution in [-0.2, 0) is 0 Å². The van der Waals surface area contributed by atoms with Crippen LogP contribution in [0.15, 0.2) is 57.4 Å². The number of hydrogen-bond donors (Lipinski definition) is 1.